The lowest BCUT2D eigenvalue weighted by Gasteiger charge is -2.20. The standard InChI is InChI=1S/C14H19FN2O3S/c15-12-6-3-4-7-13(12)21(19,20)16-9-11-17-10-5-1-2-8-14(17)18/h3-4,6-7,16H,1-2,5,8-11H2. The summed E-state index contributed by atoms with van der Waals surface area (Å²) in [6, 6.07) is 5.22. The summed E-state index contributed by atoms with van der Waals surface area (Å²) in [5.41, 5.74) is 0. The molecule has 2 rings (SSSR count). The lowest BCUT2D eigenvalue weighted by molar-refractivity contribution is -0.130. The van der Waals surface area contributed by atoms with Crippen LogP contribution >= 0.6 is 0 Å². The average Bonchev–Trinajstić information content (AvgIpc) is 2.64. The summed E-state index contributed by atoms with van der Waals surface area (Å²) in [7, 11) is -3.88. The summed E-state index contributed by atoms with van der Waals surface area (Å²) < 4.78 is 39.8. The molecule has 0 unspecified atom stereocenters. The Morgan fingerprint density at radius 3 is 2.71 bits per heavy atom. The first-order valence-corrected chi connectivity index (χ1v) is 8.51. The second kappa shape index (κ2) is 7.00. The van der Waals surface area contributed by atoms with E-state index in [1.54, 1.807) is 4.90 Å². The van der Waals surface area contributed by atoms with Gasteiger partial charge in [0.2, 0.25) is 15.9 Å². The number of hydrogen-bond acceptors (Lipinski definition) is 3. The number of benzene rings is 1. The fraction of sp³-hybridized carbons (Fsp3) is 0.500. The molecule has 1 amide bonds. The molecular formula is C14H19FN2O3S. The van der Waals surface area contributed by atoms with E-state index in [-0.39, 0.29) is 17.3 Å². The Morgan fingerprint density at radius 2 is 1.95 bits per heavy atom. The molecule has 1 aliphatic heterocycles. The topological polar surface area (TPSA) is 66.5 Å². The van der Waals surface area contributed by atoms with Gasteiger partial charge in [-0.05, 0) is 25.0 Å². The van der Waals surface area contributed by atoms with E-state index in [1.807, 2.05) is 0 Å². The summed E-state index contributed by atoms with van der Waals surface area (Å²) in [4.78, 5) is 13.1. The molecule has 0 spiro atoms. The van der Waals surface area contributed by atoms with Gasteiger partial charge in [0.25, 0.3) is 0 Å². The van der Waals surface area contributed by atoms with Crippen molar-refractivity contribution in [1.82, 2.24) is 9.62 Å². The van der Waals surface area contributed by atoms with Crippen molar-refractivity contribution in [3.63, 3.8) is 0 Å². The van der Waals surface area contributed by atoms with Gasteiger partial charge in [0.05, 0.1) is 0 Å². The molecule has 0 radical (unpaired) electrons. The molecule has 1 aromatic rings. The Hall–Kier alpha value is -1.47. The zero-order valence-electron chi connectivity index (χ0n) is 11.7. The maximum absolute atomic E-state index is 13.5. The average molecular weight is 314 g/mol. The fourth-order valence-electron chi connectivity index (χ4n) is 2.33. The van der Waals surface area contributed by atoms with E-state index in [1.165, 1.54) is 18.2 Å². The van der Waals surface area contributed by atoms with Gasteiger partial charge in [0.1, 0.15) is 10.7 Å². The van der Waals surface area contributed by atoms with Crippen LogP contribution in [0, 0.1) is 5.82 Å². The maximum Gasteiger partial charge on any atom is 0.243 e. The third kappa shape index (κ3) is 4.25. The van der Waals surface area contributed by atoms with Gasteiger partial charge in [0.15, 0.2) is 0 Å². The van der Waals surface area contributed by atoms with Crippen LogP contribution in [0.3, 0.4) is 0 Å². The second-order valence-corrected chi connectivity index (χ2v) is 6.76. The molecule has 1 saturated heterocycles. The number of carbonyl (C=O) groups is 1. The molecule has 5 nitrogen and oxygen atoms in total. The van der Waals surface area contributed by atoms with Crippen molar-refractivity contribution < 1.29 is 17.6 Å². The van der Waals surface area contributed by atoms with E-state index in [9.17, 15) is 17.6 Å². The smallest absolute Gasteiger partial charge is 0.243 e. The summed E-state index contributed by atoms with van der Waals surface area (Å²) >= 11 is 0. The van der Waals surface area contributed by atoms with Crippen LogP contribution in [-0.2, 0) is 14.8 Å². The highest BCUT2D eigenvalue weighted by Gasteiger charge is 2.20. The number of rotatable bonds is 5. The number of nitrogens with one attached hydrogen (secondary N) is 1. The summed E-state index contributed by atoms with van der Waals surface area (Å²) in [6.45, 7) is 1.05. The molecule has 1 fully saturated rings. The fourth-order valence-corrected chi connectivity index (χ4v) is 3.43. The molecule has 1 aliphatic rings. The van der Waals surface area contributed by atoms with Gasteiger partial charge in [-0.3, -0.25) is 4.79 Å². The van der Waals surface area contributed by atoms with Crippen molar-refractivity contribution in [2.75, 3.05) is 19.6 Å². The first kappa shape index (κ1) is 15.9. The van der Waals surface area contributed by atoms with Crippen LogP contribution < -0.4 is 4.72 Å². The third-order valence-corrected chi connectivity index (χ3v) is 4.97. The predicted molar refractivity (Wildman–Crippen MR) is 76.6 cm³/mol. The molecule has 116 valence electrons. The highest BCUT2D eigenvalue weighted by molar-refractivity contribution is 7.89. The number of halogens is 1. The monoisotopic (exact) mass is 314 g/mol. The van der Waals surface area contributed by atoms with Gasteiger partial charge >= 0.3 is 0 Å². The molecule has 0 saturated carbocycles. The summed E-state index contributed by atoms with van der Waals surface area (Å²) in [6.07, 6.45) is 3.35. The number of hydrogen-bond donors (Lipinski definition) is 1. The van der Waals surface area contributed by atoms with Crippen LogP contribution in [0.25, 0.3) is 0 Å². The Kier molecular flexibility index (Phi) is 5.30. The van der Waals surface area contributed by atoms with Crippen LogP contribution in [0.4, 0.5) is 4.39 Å². The van der Waals surface area contributed by atoms with E-state index in [0.717, 1.165) is 25.3 Å². The number of amides is 1. The van der Waals surface area contributed by atoms with Crippen LogP contribution in [0.2, 0.25) is 0 Å². The minimum absolute atomic E-state index is 0.0533. The Balaban J connectivity index is 1.93. The normalized spacial score (nSPS) is 16.8. The molecule has 1 N–H and O–H groups in total. The number of nitrogens with zero attached hydrogens (tertiary/aromatic N) is 1. The van der Waals surface area contributed by atoms with E-state index in [0.29, 0.717) is 19.5 Å². The minimum atomic E-state index is -3.88. The van der Waals surface area contributed by atoms with E-state index >= 15 is 0 Å². The van der Waals surface area contributed by atoms with Crippen molar-refractivity contribution in [3.05, 3.63) is 30.1 Å². The van der Waals surface area contributed by atoms with E-state index in [2.05, 4.69) is 4.72 Å². The van der Waals surface area contributed by atoms with Crippen molar-refractivity contribution in [1.29, 1.82) is 0 Å². The highest BCUT2D eigenvalue weighted by Crippen LogP contribution is 2.13. The highest BCUT2D eigenvalue weighted by atomic mass is 32.2. The first-order chi connectivity index (χ1) is 10.0. The zero-order chi connectivity index (χ0) is 15.3. The molecule has 7 heteroatoms. The molecule has 1 heterocycles. The van der Waals surface area contributed by atoms with Crippen LogP contribution in [0.1, 0.15) is 25.7 Å². The predicted octanol–water partition coefficient (Wildman–Crippen LogP) is 1.51. The van der Waals surface area contributed by atoms with Gasteiger partial charge in [-0.2, -0.15) is 0 Å². The molecular weight excluding hydrogens is 295 g/mol. The molecule has 1 aromatic carbocycles. The van der Waals surface area contributed by atoms with Gasteiger partial charge in [0, 0.05) is 26.1 Å². The van der Waals surface area contributed by atoms with E-state index in [4.69, 9.17) is 0 Å². The first-order valence-electron chi connectivity index (χ1n) is 7.03. The quantitative estimate of drug-likeness (QED) is 0.896. The van der Waals surface area contributed by atoms with E-state index < -0.39 is 15.8 Å². The van der Waals surface area contributed by atoms with Crippen LogP contribution in [-0.4, -0.2) is 38.9 Å². The van der Waals surface area contributed by atoms with Gasteiger partial charge in [-0.25, -0.2) is 17.5 Å². The molecule has 0 atom stereocenters. The molecule has 0 aliphatic carbocycles. The molecule has 0 bridgehead atoms. The van der Waals surface area contributed by atoms with Gasteiger partial charge in [-0.1, -0.05) is 18.6 Å². The zero-order valence-corrected chi connectivity index (χ0v) is 12.5. The van der Waals surface area contributed by atoms with Crippen molar-refractivity contribution in [3.8, 4) is 0 Å². The van der Waals surface area contributed by atoms with Crippen molar-refractivity contribution >= 4 is 15.9 Å². The van der Waals surface area contributed by atoms with Gasteiger partial charge in [-0.15, -0.1) is 0 Å². The number of sulfonamides is 1. The molecule has 21 heavy (non-hydrogen) atoms. The number of likely N-dealkylation sites (tertiary alicyclic amines) is 1. The van der Waals surface area contributed by atoms with Crippen molar-refractivity contribution in [2.24, 2.45) is 0 Å². The molecule has 0 aromatic heterocycles. The Morgan fingerprint density at radius 1 is 1.19 bits per heavy atom. The lowest BCUT2D eigenvalue weighted by atomic mass is 10.2. The number of carbonyl (C=O) groups excluding carboxylic acids is 1. The summed E-state index contributed by atoms with van der Waals surface area (Å²) in [5.74, 6) is -0.728. The largest absolute Gasteiger partial charge is 0.341 e. The van der Waals surface area contributed by atoms with Gasteiger partial charge < -0.3 is 4.90 Å². The minimum Gasteiger partial charge on any atom is -0.341 e. The van der Waals surface area contributed by atoms with Crippen molar-refractivity contribution in [2.45, 2.75) is 30.6 Å². The maximum atomic E-state index is 13.5. The lowest BCUT2D eigenvalue weighted by Crippen LogP contribution is -2.38. The Bertz CT molecular complexity index is 604. The SMILES string of the molecule is O=C1CCCCCN1CCNS(=O)(=O)c1ccccc1F. The third-order valence-electron chi connectivity index (χ3n) is 3.47. The Labute approximate surface area is 124 Å². The van der Waals surface area contributed by atoms with Crippen LogP contribution in [0.15, 0.2) is 29.2 Å². The summed E-state index contributed by atoms with van der Waals surface area (Å²) in [5, 5.41) is 0. The van der Waals surface area contributed by atoms with Crippen LogP contribution in [0.5, 0.6) is 0 Å². The second-order valence-electron chi connectivity index (χ2n) is 5.02.